The molecule has 1 aromatic heterocycles. The predicted molar refractivity (Wildman–Crippen MR) is 137 cm³/mol. The summed E-state index contributed by atoms with van der Waals surface area (Å²) in [5, 5.41) is 6.98. The Morgan fingerprint density at radius 2 is 1.59 bits per heavy atom. The van der Waals surface area contributed by atoms with Crippen molar-refractivity contribution in [2.24, 2.45) is 5.73 Å². The molecule has 170 valence electrons. The van der Waals surface area contributed by atoms with Crippen LogP contribution in [-0.4, -0.2) is 17.7 Å². The molecule has 4 rings (SSSR count). The van der Waals surface area contributed by atoms with Gasteiger partial charge in [0, 0.05) is 10.6 Å². The standard InChI is InChI=1S/C26H21N3O3S2/c27-24(30)20-12-4-5-13-21(20)29-26(32)23(17-8-2-1-3-9-17)34-19-11-6-10-18(16-19)28-25(31)22-14-7-15-33-22/h1-16,23H,(H2,27,30)(H,28,31)(H,29,32). The van der Waals surface area contributed by atoms with Crippen LogP contribution < -0.4 is 16.4 Å². The largest absolute Gasteiger partial charge is 0.366 e. The maximum atomic E-state index is 13.4. The van der Waals surface area contributed by atoms with Gasteiger partial charge in [0.25, 0.3) is 11.8 Å². The number of carbonyl (C=O) groups excluding carboxylic acids is 3. The van der Waals surface area contributed by atoms with E-state index in [-0.39, 0.29) is 17.4 Å². The van der Waals surface area contributed by atoms with Crippen molar-refractivity contribution in [2.75, 3.05) is 10.6 Å². The van der Waals surface area contributed by atoms with E-state index in [0.717, 1.165) is 10.5 Å². The van der Waals surface area contributed by atoms with Crippen molar-refractivity contribution in [3.8, 4) is 0 Å². The summed E-state index contributed by atoms with van der Waals surface area (Å²) < 4.78 is 0. The highest BCUT2D eigenvalue weighted by Crippen LogP contribution is 2.37. The molecule has 0 radical (unpaired) electrons. The molecule has 1 atom stereocenters. The summed E-state index contributed by atoms with van der Waals surface area (Å²) in [4.78, 5) is 39.0. The molecule has 0 fully saturated rings. The summed E-state index contributed by atoms with van der Waals surface area (Å²) >= 11 is 2.71. The lowest BCUT2D eigenvalue weighted by atomic mass is 10.1. The zero-order valence-corrected chi connectivity index (χ0v) is 19.6. The Labute approximate surface area is 205 Å². The number of hydrogen-bond acceptors (Lipinski definition) is 5. The predicted octanol–water partition coefficient (Wildman–Crippen LogP) is 5.57. The molecule has 0 aliphatic heterocycles. The highest BCUT2D eigenvalue weighted by atomic mass is 32.2. The van der Waals surface area contributed by atoms with Gasteiger partial charge in [0.1, 0.15) is 5.25 Å². The van der Waals surface area contributed by atoms with Crippen molar-refractivity contribution in [1.29, 1.82) is 0 Å². The maximum absolute atomic E-state index is 13.4. The third-order valence-electron chi connectivity index (χ3n) is 4.88. The zero-order valence-electron chi connectivity index (χ0n) is 17.9. The number of thiophene rings is 1. The fourth-order valence-electron chi connectivity index (χ4n) is 3.29. The van der Waals surface area contributed by atoms with Gasteiger partial charge in [0.15, 0.2) is 0 Å². The van der Waals surface area contributed by atoms with E-state index in [4.69, 9.17) is 5.73 Å². The van der Waals surface area contributed by atoms with Crippen LogP contribution >= 0.6 is 23.1 Å². The van der Waals surface area contributed by atoms with E-state index in [9.17, 15) is 14.4 Å². The average Bonchev–Trinajstić information content (AvgIpc) is 3.39. The molecular weight excluding hydrogens is 466 g/mol. The number of thioether (sulfide) groups is 1. The SMILES string of the molecule is NC(=O)c1ccccc1NC(=O)C(Sc1cccc(NC(=O)c2cccs2)c1)c1ccccc1. The third kappa shape index (κ3) is 5.72. The number of rotatable bonds is 8. The Hall–Kier alpha value is -3.88. The normalized spacial score (nSPS) is 11.4. The van der Waals surface area contributed by atoms with Crippen molar-refractivity contribution in [1.82, 2.24) is 0 Å². The van der Waals surface area contributed by atoms with Gasteiger partial charge in [0.05, 0.1) is 16.1 Å². The summed E-state index contributed by atoms with van der Waals surface area (Å²) in [6.07, 6.45) is 0. The van der Waals surface area contributed by atoms with E-state index in [1.54, 1.807) is 36.4 Å². The molecule has 0 spiro atoms. The highest BCUT2D eigenvalue weighted by Gasteiger charge is 2.23. The molecule has 34 heavy (non-hydrogen) atoms. The topological polar surface area (TPSA) is 101 Å². The van der Waals surface area contributed by atoms with Crippen LogP contribution in [0.2, 0.25) is 0 Å². The summed E-state index contributed by atoms with van der Waals surface area (Å²) in [6.45, 7) is 0. The van der Waals surface area contributed by atoms with Gasteiger partial charge in [-0.3, -0.25) is 14.4 Å². The zero-order chi connectivity index (χ0) is 23.9. The van der Waals surface area contributed by atoms with Crippen molar-refractivity contribution < 1.29 is 14.4 Å². The summed E-state index contributed by atoms with van der Waals surface area (Å²) in [7, 11) is 0. The second kappa shape index (κ2) is 10.8. The van der Waals surface area contributed by atoms with Crippen LogP contribution in [0.15, 0.2) is 101 Å². The molecule has 0 bridgehead atoms. The molecule has 4 aromatic rings. The second-order valence-electron chi connectivity index (χ2n) is 7.27. The number of hydrogen-bond donors (Lipinski definition) is 3. The van der Waals surface area contributed by atoms with E-state index in [1.807, 2.05) is 60.0 Å². The monoisotopic (exact) mass is 487 g/mol. The molecule has 0 saturated heterocycles. The number of anilines is 2. The molecular formula is C26H21N3O3S2. The lowest BCUT2D eigenvalue weighted by Gasteiger charge is -2.18. The van der Waals surface area contributed by atoms with Crippen LogP contribution in [0.1, 0.15) is 30.8 Å². The van der Waals surface area contributed by atoms with Crippen molar-refractivity contribution in [3.05, 3.63) is 112 Å². The molecule has 1 heterocycles. The molecule has 3 aromatic carbocycles. The number of amides is 3. The summed E-state index contributed by atoms with van der Waals surface area (Å²) in [5.74, 6) is -1.09. The Morgan fingerprint density at radius 1 is 0.824 bits per heavy atom. The highest BCUT2D eigenvalue weighted by molar-refractivity contribution is 8.00. The Morgan fingerprint density at radius 3 is 2.32 bits per heavy atom. The van der Waals surface area contributed by atoms with E-state index < -0.39 is 11.2 Å². The van der Waals surface area contributed by atoms with Gasteiger partial charge in [-0.2, -0.15) is 0 Å². The van der Waals surface area contributed by atoms with Crippen LogP contribution in [0.5, 0.6) is 0 Å². The molecule has 6 nitrogen and oxygen atoms in total. The fraction of sp³-hybridized carbons (Fsp3) is 0.0385. The lowest BCUT2D eigenvalue weighted by Crippen LogP contribution is -2.22. The molecule has 8 heteroatoms. The van der Waals surface area contributed by atoms with Gasteiger partial charge in [-0.15, -0.1) is 23.1 Å². The van der Waals surface area contributed by atoms with Gasteiger partial charge in [0.2, 0.25) is 5.91 Å². The molecule has 0 saturated carbocycles. The molecule has 4 N–H and O–H groups in total. The van der Waals surface area contributed by atoms with E-state index in [1.165, 1.54) is 23.1 Å². The number of benzene rings is 3. The Balaban J connectivity index is 1.57. The average molecular weight is 488 g/mol. The van der Waals surface area contributed by atoms with Gasteiger partial charge in [-0.05, 0) is 47.3 Å². The smallest absolute Gasteiger partial charge is 0.265 e. The van der Waals surface area contributed by atoms with Crippen LogP contribution in [0, 0.1) is 0 Å². The minimum absolute atomic E-state index is 0.183. The fourth-order valence-corrected chi connectivity index (χ4v) is 4.99. The van der Waals surface area contributed by atoms with Crippen LogP contribution in [0.4, 0.5) is 11.4 Å². The molecule has 0 aliphatic rings. The van der Waals surface area contributed by atoms with Crippen molar-refractivity contribution in [2.45, 2.75) is 10.1 Å². The number of nitrogens with one attached hydrogen (secondary N) is 2. The molecule has 1 unspecified atom stereocenters. The Bertz CT molecular complexity index is 1310. The first-order valence-electron chi connectivity index (χ1n) is 10.4. The number of carbonyl (C=O) groups is 3. The first-order valence-corrected chi connectivity index (χ1v) is 12.1. The quantitative estimate of drug-likeness (QED) is 0.283. The third-order valence-corrected chi connectivity index (χ3v) is 7.00. The number of nitrogens with two attached hydrogens (primary N) is 1. The van der Waals surface area contributed by atoms with Gasteiger partial charge in [-0.25, -0.2) is 0 Å². The van der Waals surface area contributed by atoms with E-state index in [0.29, 0.717) is 16.3 Å². The number of primary amides is 1. The minimum atomic E-state index is -0.617. The second-order valence-corrected chi connectivity index (χ2v) is 9.39. The van der Waals surface area contributed by atoms with Crippen molar-refractivity contribution >= 4 is 52.2 Å². The van der Waals surface area contributed by atoms with Crippen LogP contribution in [0.3, 0.4) is 0 Å². The molecule has 3 amide bonds. The Kier molecular flexibility index (Phi) is 7.41. The van der Waals surface area contributed by atoms with Gasteiger partial charge >= 0.3 is 0 Å². The van der Waals surface area contributed by atoms with Crippen LogP contribution in [0.25, 0.3) is 0 Å². The van der Waals surface area contributed by atoms with E-state index in [2.05, 4.69) is 10.6 Å². The summed E-state index contributed by atoms with van der Waals surface area (Å²) in [6, 6.07) is 26.9. The lowest BCUT2D eigenvalue weighted by molar-refractivity contribution is -0.115. The first-order chi connectivity index (χ1) is 16.5. The van der Waals surface area contributed by atoms with Crippen molar-refractivity contribution in [3.63, 3.8) is 0 Å². The molecule has 0 aliphatic carbocycles. The van der Waals surface area contributed by atoms with Gasteiger partial charge in [-0.1, -0.05) is 54.6 Å². The number of para-hydroxylation sites is 1. The van der Waals surface area contributed by atoms with E-state index >= 15 is 0 Å². The van der Waals surface area contributed by atoms with Gasteiger partial charge < -0.3 is 16.4 Å². The summed E-state index contributed by atoms with van der Waals surface area (Å²) in [5.41, 5.74) is 7.50. The van der Waals surface area contributed by atoms with Crippen LogP contribution in [-0.2, 0) is 4.79 Å². The maximum Gasteiger partial charge on any atom is 0.265 e. The minimum Gasteiger partial charge on any atom is -0.366 e. The first kappa shape index (κ1) is 23.3.